The Bertz CT molecular complexity index is 1090. The maximum Gasteiger partial charge on any atom is 0.406 e. The largest absolute Gasteiger partial charge is 0.453 e. The van der Waals surface area contributed by atoms with Gasteiger partial charge in [-0.2, -0.15) is 17.6 Å². The van der Waals surface area contributed by atoms with Crippen LogP contribution in [0.15, 0.2) is 47.4 Å². The molecule has 0 saturated carbocycles. The van der Waals surface area contributed by atoms with Crippen LogP contribution < -0.4 is 5.32 Å². The molecule has 3 rings (SSSR count). The maximum absolute atomic E-state index is 15.1. The Kier molecular flexibility index (Phi) is 5.57. The van der Waals surface area contributed by atoms with Crippen molar-refractivity contribution in [3.63, 3.8) is 0 Å². The number of ether oxygens (including phenoxy) is 1. The number of sulfone groups is 1. The molecule has 0 spiro atoms. The Morgan fingerprint density at radius 3 is 2.23 bits per heavy atom. The van der Waals surface area contributed by atoms with Crippen LogP contribution in [0.4, 0.5) is 22.4 Å². The Balaban J connectivity index is 2.33. The van der Waals surface area contributed by atoms with E-state index < -0.39 is 44.8 Å². The summed E-state index contributed by atoms with van der Waals surface area (Å²) in [5.41, 5.74) is -2.31. The third-order valence-electron chi connectivity index (χ3n) is 5.18. The van der Waals surface area contributed by atoms with Crippen LogP contribution in [0.2, 0.25) is 0 Å². The first kappa shape index (κ1) is 22.1. The Morgan fingerprint density at radius 1 is 1.03 bits per heavy atom. The van der Waals surface area contributed by atoms with Gasteiger partial charge in [-0.15, -0.1) is 0 Å². The van der Waals surface area contributed by atoms with Crippen molar-refractivity contribution in [3.8, 4) is 0 Å². The first-order valence-corrected chi connectivity index (χ1v) is 10.7. The number of alkyl halides is 4. The SMILES string of the molecule is CCS(=O)(=O)c1ccc2c(c1)C(CNC(=O)OC)c1ccccc1C(F)(F)C2(F)F. The molecular formula is C20H19F4NO4S. The molecule has 1 unspecified atom stereocenters. The van der Waals surface area contributed by atoms with Crippen LogP contribution >= 0.6 is 0 Å². The average Bonchev–Trinajstić information content (AvgIpc) is 2.77. The number of hydrogen-bond acceptors (Lipinski definition) is 4. The lowest BCUT2D eigenvalue weighted by Crippen LogP contribution is -2.35. The number of methoxy groups -OCH3 is 1. The highest BCUT2D eigenvalue weighted by atomic mass is 32.2. The van der Waals surface area contributed by atoms with Gasteiger partial charge in [-0.25, -0.2) is 13.2 Å². The molecule has 1 amide bonds. The van der Waals surface area contributed by atoms with Gasteiger partial charge in [-0.05, 0) is 23.3 Å². The van der Waals surface area contributed by atoms with E-state index in [1.54, 1.807) is 0 Å². The van der Waals surface area contributed by atoms with Gasteiger partial charge in [0.1, 0.15) is 0 Å². The molecule has 0 fully saturated rings. The van der Waals surface area contributed by atoms with E-state index in [4.69, 9.17) is 0 Å². The van der Waals surface area contributed by atoms with Crippen LogP contribution in [-0.4, -0.2) is 33.9 Å². The topological polar surface area (TPSA) is 72.5 Å². The predicted octanol–water partition coefficient (Wildman–Crippen LogP) is 4.17. The quantitative estimate of drug-likeness (QED) is 0.718. The van der Waals surface area contributed by atoms with Gasteiger partial charge in [-0.1, -0.05) is 37.3 Å². The first-order valence-electron chi connectivity index (χ1n) is 9.01. The van der Waals surface area contributed by atoms with Crippen LogP contribution in [-0.2, 0) is 26.4 Å². The number of rotatable bonds is 4. The summed E-state index contributed by atoms with van der Waals surface area (Å²) in [5, 5.41) is 2.34. The zero-order chi connectivity index (χ0) is 22.3. The second-order valence-corrected chi connectivity index (χ2v) is 9.09. The van der Waals surface area contributed by atoms with Gasteiger partial charge in [0.05, 0.1) is 17.8 Å². The van der Waals surface area contributed by atoms with Gasteiger partial charge in [0.25, 0.3) is 0 Å². The molecular weight excluding hydrogens is 426 g/mol. The van der Waals surface area contributed by atoms with Gasteiger partial charge >= 0.3 is 17.9 Å². The van der Waals surface area contributed by atoms with Gasteiger partial charge in [-0.3, -0.25) is 0 Å². The highest BCUT2D eigenvalue weighted by Crippen LogP contribution is 2.56. The fraction of sp³-hybridized carbons (Fsp3) is 0.350. The van der Waals surface area contributed by atoms with E-state index in [9.17, 15) is 22.0 Å². The lowest BCUT2D eigenvalue weighted by atomic mass is 9.88. The normalized spacial score (nSPS) is 19.2. The number of hydrogen-bond donors (Lipinski definition) is 1. The van der Waals surface area contributed by atoms with Crippen LogP contribution in [0, 0.1) is 0 Å². The number of fused-ring (bicyclic) bond motifs is 2. The molecule has 0 radical (unpaired) electrons. The van der Waals surface area contributed by atoms with E-state index in [0.29, 0.717) is 0 Å². The molecule has 0 heterocycles. The number of amides is 1. The van der Waals surface area contributed by atoms with Gasteiger partial charge in [0.15, 0.2) is 9.84 Å². The molecule has 0 aliphatic heterocycles. The molecule has 10 heteroatoms. The van der Waals surface area contributed by atoms with E-state index >= 15 is 8.78 Å². The molecule has 5 nitrogen and oxygen atoms in total. The molecule has 162 valence electrons. The highest BCUT2D eigenvalue weighted by molar-refractivity contribution is 7.91. The minimum atomic E-state index is -4.60. The number of nitrogens with one attached hydrogen (secondary N) is 1. The van der Waals surface area contributed by atoms with Crippen LogP contribution in [0.5, 0.6) is 0 Å². The molecule has 30 heavy (non-hydrogen) atoms. The van der Waals surface area contributed by atoms with Crippen molar-refractivity contribution in [1.29, 1.82) is 0 Å². The summed E-state index contributed by atoms with van der Waals surface area (Å²) >= 11 is 0. The molecule has 0 aromatic heterocycles. The van der Waals surface area contributed by atoms with Gasteiger partial charge in [0.2, 0.25) is 0 Å². The number of carbonyl (C=O) groups is 1. The third-order valence-corrected chi connectivity index (χ3v) is 6.91. The molecule has 1 aliphatic carbocycles. The Labute approximate surface area is 171 Å². The first-order chi connectivity index (χ1) is 14.0. The molecule has 2 aromatic carbocycles. The molecule has 0 bridgehead atoms. The van der Waals surface area contributed by atoms with Crippen molar-refractivity contribution in [2.75, 3.05) is 19.4 Å². The molecule has 1 N–H and O–H groups in total. The maximum atomic E-state index is 15.1. The summed E-state index contributed by atoms with van der Waals surface area (Å²) in [6.45, 7) is 1.04. The van der Waals surface area contributed by atoms with Crippen molar-refractivity contribution < 1.29 is 35.5 Å². The van der Waals surface area contributed by atoms with Gasteiger partial charge in [0, 0.05) is 23.6 Å². The molecule has 0 saturated heterocycles. The summed E-state index contributed by atoms with van der Waals surface area (Å²) in [4.78, 5) is 11.3. The fourth-order valence-corrected chi connectivity index (χ4v) is 4.46. The third kappa shape index (κ3) is 3.42. The minimum absolute atomic E-state index is 0.136. The van der Waals surface area contributed by atoms with Crippen molar-refractivity contribution in [2.24, 2.45) is 0 Å². The van der Waals surface area contributed by atoms with Gasteiger partial charge < -0.3 is 10.1 Å². The smallest absolute Gasteiger partial charge is 0.406 e. The molecule has 1 aliphatic rings. The summed E-state index contributed by atoms with van der Waals surface area (Å²) in [7, 11) is -2.69. The van der Waals surface area contributed by atoms with Crippen LogP contribution in [0.3, 0.4) is 0 Å². The lowest BCUT2D eigenvalue weighted by Gasteiger charge is -2.27. The lowest BCUT2D eigenvalue weighted by molar-refractivity contribution is -0.223. The van der Waals surface area contributed by atoms with E-state index in [0.717, 1.165) is 31.4 Å². The second kappa shape index (κ2) is 7.57. The number of halogens is 4. The molecule has 1 atom stereocenters. The summed E-state index contributed by atoms with van der Waals surface area (Å²) in [6, 6.07) is 7.42. The monoisotopic (exact) mass is 445 g/mol. The Morgan fingerprint density at radius 2 is 1.63 bits per heavy atom. The number of benzene rings is 2. The average molecular weight is 445 g/mol. The number of carbonyl (C=O) groups excluding carboxylic acids is 1. The second-order valence-electron chi connectivity index (χ2n) is 6.81. The Hall–Kier alpha value is -2.62. The minimum Gasteiger partial charge on any atom is -0.453 e. The summed E-state index contributed by atoms with van der Waals surface area (Å²) < 4.78 is 89.1. The standard InChI is InChI=1S/C20H19F4NO4S/c1-3-30(27,28)12-8-9-17-14(10-12)15(11-25-18(26)29-2)13-6-4-5-7-16(13)19(21,22)20(17,23)24/h4-10,15H,3,11H2,1-2H3,(H,25,26). The van der Waals surface area contributed by atoms with E-state index in [-0.39, 0.29) is 28.3 Å². The van der Waals surface area contributed by atoms with Crippen molar-refractivity contribution in [2.45, 2.75) is 29.6 Å². The van der Waals surface area contributed by atoms with Crippen molar-refractivity contribution >= 4 is 15.9 Å². The fourth-order valence-electron chi connectivity index (χ4n) is 3.55. The number of alkyl carbamates (subject to hydrolysis) is 1. The predicted molar refractivity (Wildman–Crippen MR) is 101 cm³/mol. The zero-order valence-corrected chi connectivity index (χ0v) is 16.9. The van der Waals surface area contributed by atoms with Crippen molar-refractivity contribution in [1.82, 2.24) is 5.32 Å². The van der Waals surface area contributed by atoms with E-state index in [1.807, 2.05) is 0 Å². The van der Waals surface area contributed by atoms with Crippen molar-refractivity contribution in [3.05, 3.63) is 64.7 Å². The molecule has 2 aromatic rings. The highest BCUT2D eigenvalue weighted by Gasteiger charge is 2.62. The van der Waals surface area contributed by atoms with Crippen LogP contribution in [0.1, 0.15) is 35.1 Å². The van der Waals surface area contributed by atoms with E-state index in [2.05, 4.69) is 10.1 Å². The zero-order valence-electron chi connectivity index (χ0n) is 16.1. The van der Waals surface area contributed by atoms with E-state index in [1.165, 1.54) is 25.1 Å². The van der Waals surface area contributed by atoms with Crippen LogP contribution in [0.25, 0.3) is 0 Å². The summed E-state index contributed by atoms with van der Waals surface area (Å²) in [6.07, 6.45) is -0.880. The summed E-state index contributed by atoms with van der Waals surface area (Å²) in [5.74, 6) is -10.6.